The SMILES string of the molecule is CC(=O)N(CCNC(=O)NC1CCCCC1)c1cc(Cl)ccc1Cl. The second kappa shape index (κ2) is 9.14. The van der Waals surface area contributed by atoms with Crippen molar-refractivity contribution in [3.05, 3.63) is 28.2 Å². The van der Waals surface area contributed by atoms with E-state index in [-0.39, 0.29) is 18.0 Å². The summed E-state index contributed by atoms with van der Waals surface area (Å²) in [5, 5.41) is 6.73. The number of anilines is 1. The van der Waals surface area contributed by atoms with Crippen molar-refractivity contribution in [3.8, 4) is 0 Å². The quantitative estimate of drug-likeness (QED) is 0.821. The minimum absolute atomic E-state index is 0.159. The Morgan fingerprint density at radius 3 is 2.58 bits per heavy atom. The van der Waals surface area contributed by atoms with Gasteiger partial charge in [0.2, 0.25) is 5.91 Å². The van der Waals surface area contributed by atoms with E-state index in [0.717, 1.165) is 25.7 Å². The Morgan fingerprint density at radius 2 is 1.92 bits per heavy atom. The molecule has 0 radical (unpaired) electrons. The number of carbonyl (C=O) groups excluding carboxylic acids is 2. The molecule has 0 saturated heterocycles. The molecule has 2 N–H and O–H groups in total. The molecule has 0 spiro atoms. The van der Waals surface area contributed by atoms with Crippen LogP contribution in [0.4, 0.5) is 10.5 Å². The normalized spacial score (nSPS) is 15.0. The van der Waals surface area contributed by atoms with Crippen molar-refractivity contribution >= 4 is 40.8 Å². The second-order valence-corrected chi connectivity index (χ2v) is 6.85. The Morgan fingerprint density at radius 1 is 1.21 bits per heavy atom. The van der Waals surface area contributed by atoms with E-state index < -0.39 is 0 Å². The van der Waals surface area contributed by atoms with Gasteiger partial charge in [-0.2, -0.15) is 0 Å². The third-order valence-corrected chi connectivity index (χ3v) is 4.70. The first-order chi connectivity index (χ1) is 11.5. The number of hydrogen-bond acceptors (Lipinski definition) is 2. The number of rotatable bonds is 5. The van der Waals surface area contributed by atoms with Gasteiger partial charge in [0.25, 0.3) is 0 Å². The number of hydrogen-bond donors (Lipinski definition) is 2. The van der Waals surface area contributed by atoms with Gasteiger partial charge in [0, 0.05) is 31.1 Å². The van der Waals surface area contributed by atoms with E-state index in [2.05, 4.69) is 10.6 Å². The summed E-state index contributed by atoms with van der Waals surface area (Å²) < 4.78 is 0. The number of carbonyl (C=O) groups is 2. The summed E-state index contributed by atoms with van der Waals surface area (Å²) in [6.07, 6.45) is 5.64. The van der Waals surface area contributed by atoms with Crippen LogP contribution in [0.15, 0.2) is 18.2 Å². The first-order valence-corrected chi connectivity index (χ1v) is 9.00. The summed E-state index contributed by atoms with van der Waals surface area (Å²) in [5.41, 5.74) is 0.547. The molecule has 1 aliphatic carbocycles. The molecule has 0 bridgehead atoms. The molecule has 132 valence electrons. The van der Waals surface area contributed by atoms with Crippen molar-refractivity contribution in [2.75, 3.05) is 18.0 Å². The lowest BCUT2D eigenvalue weighted by Gasteiger charge is -2.24. The van der Waals surface area contributed by atoms with E-state index in [1.807, 2.05) is 0 Å². The molecule has 0 aliphatic heterocycles. The zero-order valence-corrected chi connectivity index (χ0v) is 15.3. The van der Waals surface area contributed by atoms with Crippen molar-refractivity contribution in [2.45, 2.75) is 45.1 Å². The number of amides is 3. The molecule has 0 heterocycles. The van der Waals surface area contributed by atoms with Crippen molar-refractivity contribution in [2.24, 2.45) is 0 Å². The summed E-state index contributed by atoms with van der Waals surface area (Å²) in [6, 6.07) is 5.03. The van der Waals surface area contributed by atoms with Gasteiger partial charge in [-0.1, -0.05) is 42.5 Å². The lowest BCUT2D eigenvalue weighted by molar-refractivity contribution is -0.116. The zero-order valence-electron chi connectivity index (χ0n) is 13.8. The molecule has 24 heavy (non-hydrogen) atoms. The van der Waals surface area contributed by atoms with Crippen molar-refractivity contribution in [1.82, 2.24) is 10.6 Å². The van der Waals surface area contributed by atoms with Crippen LogP contribution < -0.4 is 15.5 Å². The average molecular weight is 372 g/mol. The van der Waals surface area contributed by atoms with Crippen molar-refractivity contribution in [1.29, 1.82) is 0 Å². The van der Waals surface area contributed by atoms with Crippen LogP contribution >= 0.6 is 23.2 Å². The number of urea groups is 1. The minimum atomic E-state index is -0.192. The summed E-state index contributed by atoms with van der Waals surface area (Å²) in [7, 11) is 0. The third-order valence-electron chi connectivity index (χ3n) is 4.14. The van der Waals surface area contributed by atoms with Gasteiger partial charge < -0.3 is 15.5 Å². The van der Waals surface area contributed by atoms with Crippen LogP contribution in [0.25, 0.3) is 0 Å². The molecular formula is C17H23Cl2N3O2. The highest BCUT2D eigenvalue weighted by molar-refractivity contribution is 6.35. The summed E-state index contributed by atoms with van der Waals surface area (Å²) in [5.74, 6) is -0.159. The van der Waals surface area contributed by atoms with Crippen LogP contribution in [-0.4, -0.2) is 31.1 Å². The molecule has 1 aromatic rings. The van der Waals surface area contributed by atoms with Gasteiger partial charge in [0.1, 0.15) is 0 Å². The zero-order chi connectivity index (χ0) is 17.5. The lowest BCUT2D eigenvalue weighted by atomic mass is 9.96. The van der Waals surface area contributed by atoms with Crippen LogP contribution in [0.1, 0.15) is 39.0 Å². The van der Waals surface area contributed by atoms with E-state index in [4.69, 9.17) is 23.2 Å². The summed E-state index contributed by atoms with van der Waals surface area (Å²) in [4.78, 5) is 25.4. The molecule has 0 unspecified atom stereocenters. The molecule has 3 amide bonds. The Labute approximate surface area is 152 Å². The molecule has 1 saturated carbocycles. The molecule has 0 aromatic heterocycles. The highest BCUT2D eigenvalue weighted by atomic mass is 35.5. The first-order valence-electron chi connectivity index (χ1n) is 8.25. The predicted octanol–water partition coefficient (Wildman–Crippen LogP) is 3.98. The van der Waals surface area contributed by atoms with Gasteiger partial charge in [0.15, 0.2) is 0 Å². The lowest BCUT2D eigenvalue weighted by Crippen LogP contribution is -2.45. The Hall–Kier alpha value is -1.46. The van der Waals surface area contributed by atoms with E-state index in [9.17, 15) is 9.59 Å². The standard InChI is InChI=1S/C17H23Cl2N3O2/c1-12(23)22(16-11-13(18)7-8-15(16)19)10-9-20-17(24)21-14-5-3-2-4-6-14/h7-8,11,14H,2-6,9-10H2,1H3,(H2,20,21,24). The fourth-order valence-corrected chi connectivity index (χ4v) is 3.29. The first kappa shape index (κ1) is 18.9. The monoisotopic (exact) mass is 371 g/mol. The minimum Gasteiger partial charge on any atom is -0.336 e. The number of nitrogens with one attached hydrogen (secondary N) is 2. The number of halogens is 2. The molecule has 1 aliphatic rings. The van der Waals surface area contributed by atoms with E-state index >= 15 is 0 Å². The predicted molar refractivity (Wildman–Crippen MR) is 97.9 cm³/mol. The van der Waals surface area contributed by atoms with Gasteiger partial charge in [-0.05, 0) is 31.0 Å². The second-order valence-electron chi connectivity index (χ2n) is 6.00. The van der Waals surface area contributed by atoms with E-state index in [1.54, 1.807) is 18.2 Å². The van der Waals surface area contributed by atoms with Gasteiger partial charge in [-0.3, -0.25) is 4.79 Å². The van der Waals surface area contributed by atoms with Gasteiger partial charge >= 0.3 is 6.03 Å². The van der Waals surface area contributed by atoms with Crippen LogP contribution in [0, 0.1) is 0 Å². The van der Waals surface area contributed by atoms with Crippen molar-refractivity contribution in [3.63, 3.8) is 0 Å². The Balaban J connectivity index is 1.86. The maximum atomic E-state index is 11.9. The maximum Gasteiger partial charge on any atom is 0.315 e. The number of nitrogens with zero attached hydrogens (tertiary/aromatic N) is 1. The molecule has 7 heteroatoms. The van der Waals surface area contributed by atoms with Gasteiger partial charge in [0.05, 0.1) is 10.7 Å². The van der Waals surface area contributed by atoms with Crippen LogP contribution in [0.5, 0.6) is 0 Å². The smallest absolute Gasteiger partial charge is 0.315 e. The average Bonchev–Trinajstić information content (AvgIpc) is 2.55. The Bertz CT molecular complexity index is 589. The Kier molecular flexibility index (Phi) is 7.18. The largest absolute Gasteiger partial charge is 0.336 e. The van der Waals surface area contributed by atoms with Gasteiger partial charge in [-0.15, -0.1) is 0 Å². The highest BCUT2D eigenvalue weighted by Crippen LogP contribution is 2.29. The maximum absolute atomic E-state index is 11.9. The topological polar surface area (TPSA) is 61.4 Å². The third kappa shape index (κ3) is 5.56. The fraction of sp³-hybridized carbons (Fsp3) is 0.529. The summed E-state index contributed by atoms with van der Waals surface area (Å²) >= 11 is 12.1. The molecule has 1 aromatic carbocycles. The van der Waals surface area contributed by atoms with E-state index in [1.165, 1.54) is 18.2 Å². The van der Waals surface area contributed by atoms with Gasteiger partial charge in [-0.25, -0.2) is 4.79 Å². The molecule has 1 fully saturated rings. The molecule has 2 rings (SSSR count). The van der Waals surface area contributed by atoms with Crippen LogP contribution in [-0.2, 0) is 4.79 Å². The molecular weight excluding hydrogens is 349 g/mol. The fourth-order valence-electron chi connectivity index (χ4n) is 2.90. The molecule has 0 atom stereocenters. The summed E-state index contributed by atoms with van der Waals surface area (Å²) in [6.45, 7) is 2.12. The highest BCUT2D eigenvalue weighted by Gasteiger charge is 2.17. The van der Waals surface area contributed by atoms with E-state index in [0.29, 0.717) is 28.8 Å². The number of benzene rings is 1. The van der Waals surface area contributed by atoms with Crippen LogP contribution in [0.2, 0.25) is 10.0 Å². The molecule has 5 nitrogen and oxygen atoms in total. The van der Waals surface area contributed by atoms with Crippen LogP contribution in [0.3, 0.4) is 0 Å². The van der Waals surface area contributed by atoms with Crippen molar-refractivity contribution < 1.29 is 9.59 Å².